The zero-order chi connectivity index (χ0) is 29.2. The molecule has 0 aliphatic rings. The van der Waals surface area contributed by atoms with Crippen LogP contribution in [-0.4, -0.2) is 48.9 Å². The van der Waals surface area contributed by atoms with E-state index in [1.807, 2.05) is 0 Å². The van der Waals surface area contributed by atoms with E-state index in [0.29, 0.717) is 36.6 Å². The van der Waals surface area contributed by atoms with Crippen LogP contribution in [0.5, 0.6) is 5.75 Å². The normalized spacial score (nSPS) is 11.3. The molecule has 0 aliphatic heterocycles. The molecule has 0 bridgehead atoms. The van der Waals surface area contributed by atoms with Crippen molar-refractivity contribution in [2.24, 2.45) is 0 Å². The Morgan fingerprint density at radius 2 is 1.83 bits per heavy atom. The standard InChI is InChI=1S/C25H24F4N8O3S/c26-15-40-19-5-3-4-16(10-19)12-31-22(38)20-14-37(36-33-20)9-2-1-6-21-34-35-24(41-21)23(39)32-13-18-11-17(7-8-30-18)25(27,28)29/h3-5,7-8,10-11,14H,1-2,6,9,12-13,15H2,(H,31,38)(H,32,39). The van der Waals surface area contributed by atoms with Crippen LogP contribution in [0.1, 0.15) is 55.0 Å². The van der Waals surface area contributed by atoms with Crippen LogP contribution in [0.3, 0.4) is 0 Å². The molecule has 1 aromatic carbocycles. The van der Waals surface area contributed by atoms with Crippen molar-refractivity contribution in [2.75, 3.05) is 6.86 Å². The maximum absolute atomic E-state index is 12.8. The Morgan fingerprint density at radius 3 is 2.63 bits per heavy atom. The van der Waals surface area contributed by atoms with Crippen LogP contribution in [0.2, 0.25) is 0 Å². The highest BCUT2D eigenvalue weighted by Crippen LogP contribution is 2.29. The van der Waals surface area contributed by atoms with Gasteiger partial charge in [0, 0.05) is 25.7 Å². The van der Waals surface area contributed by atoms with E-state index >= 15 is 0 Å². The van der Waals surface area contributed by atoms with Crippen LogP contribution in [0.15, 0.2) is 48.8 Å². The van der Waals surface area contributed by atoms with Crippen molar-refractivity contribution >= 4 is 23.2 Å². The molecule has 3 aromatic heterocycles. The van der Waals surface area contributed by atoms with Crippen molar-refractivity contribution in [1.29, 1.82) is 0 Å². The molecule has 0 atom stereocenters. The molecule has 0 fully saturated rings. The zero-order valence-corrected chi connectivity index (χ0v) is 22.2. The fourth-order valence-corrected chi connectivity index (χ4v) is 4.38. The summed E-state index contributed by atoms with van der Waals surface area (Å²) in [6, 6.07) is 8.45. The quantitative estimate of drug-likeness (QED) is 0.177. The number of benzene rings is 1. The van der Waals surface area contributed by atoms with Gasteiger partial charge in [0.1, 0.15) is 10.8 Å². The topological polar surface area (TPSA) is 137 Å². The van der Waals surface area contributed by atoms with E-state index in [2.05, 4.69) is 36.1 Å². The second-order valence-corrected chi connectivity index (χ2v) is 9.69. The van der Waals surface area contributed by atoms with Gasteiger partial charge in [-0.1, -0.05) is 28.7 Å². The zero-order valence-electron chi connectivity index (χ0n) is 21.4. The lowest BCUT2D eigenvalue weighted by Gasteiger charge is -2.08. The number of hydrogen-bond acceptors (Lipinski definition) is 9. The van der Waals surface area contributed by atoms with Crippen LogP contribution in [0.25, 0.3) is 0 Å². The molecule has 0 saturated heterocycles. The Balaban J connectivity index is 1.17. The first-order chi connectivity index (χ1) is 19.7. The van der Waals surface area contributed by atoms with Gasteiger partial charge in [-0.25, -0.2) is 4.39 Å². The SMILES string of the molecule is O=C(NCc1cccc(OCF)c1)c1cn(CCCCc2nnc(C(=O)NCc3cc(C(F)(F)F)ccn3)s2)nn1. The number of unbranched alkanes of at least 4 members (excludes halogenated alkanes) is 1. The molecule has 41 heavy (non-hydrogen) atoms. The lowest BCUT2D eigenvalue weighted by atomic mass is 10.2. The number of alkyl halides is 4. The lowest BCUT2D eigenvalue weighted by Crippen LogP contribution is -2.23. The summed E-state index contributed by atoms with van der Waals surface area (Å²) in [5.74, 6) is -0.594. The van der Waals surface area contributed by atoms with Gasteiger partial charge in [0.2, 0.25) is 11.9 Å². The summed E-state index contributed by atoms with van der Waals surface area (Å²) in [7, 11) is 0. The molecule has 2 N–H and O–H groups in total. The highest BCUT2D eigenvalue weighted by atomic mass is 32.1. The summed E-state index contributed by atoms with van der Waals surface area (Å²) in [5.41, 5.74) is 0.120. The number of carbonyl (C=O) groups is 2. The summed E-state index contributed by atoms with van der Waals surface area (Å²) >= 11 is 1.10. The monoisotopic (exact) mass is 592 g/mol. The molecule has 4 rings (SSSR count). The van der Waals surface area contributed by atoms with Crippen molar-refractivity contribution in [2.45, 2.75) is 45.1 Å². The van der Waals surface area contributed by atoms with Crippen LogP contribution < -0.4 is 15.4 Å². The molecule has 11 nitrogen and oxygen atoms in total. The fourth-order valence-electron chi connectivity index (χ4n) is 3.59. The van der Waals surface area contributed by atoms with E-state index in [1.165, 1.54) is 6.20 Å². The molecular formula is C25H24F4N8O3S. The Kier molecular flexibility index (Phi) is 9.89. The smallest absolute Gasteiger partial charge is 0.416 e. The molecule has 0 unspecified atom stereocenters. The second kappa shape index (κ2) is 13.7. The highest BCUT2D eigenvalue weighted by Gasteiger charge is 2.30. The Labute approximate surface area is 235 Å². The third-order valence-electron chi connectivity index (χ3n) is 5.61. The molecule has 3 heterocycles. The van der Waals surface area contributed by atoms with E-state index in [0.717, 1.165) is 35.2 Å². The lowest BCUT2D eigenvalue weighted by molar-refractivity contribution is -0.137. The number of aromatic nitrogens is 6. The Hall–Kier alpha value is -4.47. The van der Waals surface area contributed by atoms with Gasteiger partial charge in [-0.15, -0.1) is 15.3 Å². The van der Waals surface area contributed by atoms with E-state index in [4.69, 9.17) is 4.74 Å². The number of ether oxygens (including phenoxy) is 1. The number of amides is 2. The minimum Gasteiger partial charge on any atom is -0.463 e. The predicted molar refractivity (Wildman–Crippen MR) is 137 cm³/mol. The van der Waals surface area contributed by atoms with Crippen molar-refractivity contribution in [3.05, 3.63) is 81.3 Å². The summed E-state index contributed by atoms with van der Waals surface area (Å²) in [5, 5.41) is 21.7. The van der Waals surface area contributed by atoms with Crippen molar-refractivity contribution < 1.29 is 31.9 Å². The van der Waals surface area contributed by atoms with Crippen LogP contribution in [0, 0.1) is 0 Å². The van der Waals surface area contributed by atoms with Gasteiger partial charge < -0.3 is 15.4 Å². The minimum absolute atomic E-state index is 0.0710. The second-order valence-electron chi connectivity index (χ2n) is 8.62. The van der Waals surface area contributed by atoms with Crippen LogP contribution in [-0.2, 0) is 32.2 Å². The Morgan fingerprint density at radius 1 is 1.00 bits per heavy atom. The average Bonchev–Trinajstić information content (AvgIpc) is 3.63. The molecule has 16 heteroatoms. The van der Waals surface area contributed by atoms with E-state index < -0.39 is 30.4 Å². The van der Waals surface area contributed by atoms with Crippen molar-refractivity contribution in [3.63, 3.8) is 0 Å². The van der Waals surface area contributed by atoms with Crippen molar-refractivity contribution in [1.82, 2.24) is 40.8 Å². The number of aryl methyl sites for hydroxylation is 2. The summed E-state index contributed by atoms with van der Waals surface area (Å²) in [6.45, 7) is -0.415. The first-order valence-electron chi connectivity index (χ1n) is 12.3. The van der Waals surface area contributed by atoms with Gasteiger partial charge in [-0.3, -0.25) is 19.3 Å². The Bertz CT molecular complexity index is 1480. The average molecular weight is 593 g/mol. The predicted octanol–water partition coefficient (Wildman–Crippen LogP) is 3.73. The summed E-state index contributed by atoms with van der Waals surface area (Å²) < 4.78 is 57.2. The summed E-state index contributed by atoms with van der Waals surface area (Å²) in [4.78, 5) is 28.6. The number of nitrogens with one attached hydrogen (secondary N) is 2. The van der Waals surface area contributed by atoms with Gasteiger partial charge in [0.05, 0.1) is 24.0 Å². The largest absolute Gasteiger partial charge is 0.463 e. The van der Waals surface area contributed by atoms with Gasteiger partial charge in [-0.2, -0.15) is 13.2 Å². The molecular weight excluding hydrogens is 568 g/mol. The molecule has 0 saturated carbocycles. The number of halogens is 4. The third kappa shape index (κ3) is 8.76. The van der Waals surface area contributed by atoms with E-state index in [-0.39, 0.29) is 29.5 Å². The number of nitrogens with zero attached hydrogens (tertiary/aromatic N) is 6. The van der Waals surface area contributed by atoms with Gasteiger partial charge >= 0.3 is 6.18 Å². The maximum atomic E-state index is 12.8. The number of carbonyl (C=O) groups excluding carboxylic acids is 2. The molecule has 0 radical (unpaired) electrons. The molecule has 216 valence electrons. The van der Waals surface area contributed by atoms with Crippen LogP contribution >= 0.6 is 11.3 Å². The van der Waals surface area contributed by atoms with E-state index in [1.54, 1.807) is 28.9 Å². The summed E-state index contributed by atoms with van der Waals surface area (Å²) in [6.07, 6.45) is 0.00983. The fraction of sp³-hybridized carbons (Fsp3) is 0.320. The van der Waals surface area contributed by atoms with Gasteiger partial charge in [-0.05, 0) is 42.7 Å². The van der Waals surface area contributed by atoms with Crippen molar-refractivity contribution in [3.8, 4) is 5.75 Å². The van der Waals surface area contributed by atoms with E-state index in [9.17, 15) is 27.2 Å². The first-order valence-corrected chi connectivity index (χ1v) is 13.1. The highest BCUT2D eigenvalue weighted by molar-refractivity contribution is 7.13. The first kappa shape index (κ1) is 29.5. The number of pyridine rings is 1. The molecule has 0 aliphatic carbocycles. The maximum Gasteiger partial charge on any atom is 0.416 e. The molecule has 4 aromatic rings. The van der Waals surface area contributed by atoms with Gasteiger partial charge in [0.15, 0.2) is 5.69 Å². The molecule has 0 spiro atoms. The minimum atomic E-state index is -4.50. The number of rotatable bonds is 13. The third-order valence-corrected chi connectivity index (χ3v) is 6.59. The van der Waals surface area contributed by atoms with Gasteiger partial charge in [0.25, 0.3) is 11.8 Å². The van der Waals surface area contributed by atoms with Crippen LogP contribution in [0.4, 0.5) is 17.6 Å². The number of hydrogen-bond donors (Lipinski definition) is 2. The molecule has 2 amide bonds.